The van der Waals surface area contributed by atoms with Gasteiger partial charge in [0.15, 0.2) is 0 Å². The first-order valence-electron chi connectivity index (χ1n) is 12.0. The Morgan fingerprint density at radius 3 is 2.66 bits per heavy atom. The number of halogens is 4. The normalized spacial score (nSPS) is 24.0. The van der Waals surface area contributed by atoms with Crippen LogP contribution in [0.4, 0.5) is 18.9 Å². The lowest BCUT2D eigenvalue weighted by Crippen LogP contribution is -2.53. The Morgan fingerprint density at radius 1 is 1.23 bits per heavy atom. The molecule has 4 aliphatic rings. The molecule has 7 nitrogen and oxygen atoms in total. The maximum absolute atomic E-state index is 13.8. The molecule has 0 radical (unpaired) electrons. The minimum absolute atomic E-state index is 0.0496. The van der Waals surface area contributed by atoms with Crippen LogP contribution >= 0.6 is 11.6 Å². The van der Waals surface area contributed by atoms with Gasteiger partial charge in [-0.1, -0.05) is 30.9 Å². The van der Waals surface area contributed by atoms with E-state index in [1.807, 2.05) is 0 Å². The fourth-order valence-electron chi connectivity index (χ4n) is 6.01. The van der Waals surface area contributed by atoms with Gasteiger partial charge in [-0.3, -0.25) is 19.5 Å². The smallest absolute Gasteiger partial charge is 0.430 e. The largest absolute Gasteiger partial charge is 0.495 e. The summed E-state index contributed by atoms with van der Waals surface area (Å²) in [5.41, 5.74) is -0.0534. The van der Waals surface area contributed by atoms with E-state index in [0.717, 1.165) is 24.8 Å². The Bertz CT molecular complexity index is 1070. The molecule has 35 heavy (non-hydrogen) atoms. The highest BCUT2D eigenvalue weighted by molar-refractivity contribution is 6.33. The second-order valence-corrected chi connectivity index (χ2v) is 10.1. The number of ether oxygens (including phenoxy) is 1. The number of nitrogens with zero attached hydrogens (tertiary/aromatic N) is 4. The zero-order chi connectivity index (χ0) is 25.0. The number of hydrogen-bond acceptors (Lipinski definition) is 5. The van der Waals surface area contributed by atoms with Crippen molar-refractivity contribution in [2.24, 2.45) is 4.99 Å². The third-order valence-corrected chi connectivity index (χ3v) is 8.08. The van der Waals surface area contributed by atoms with Gasteiger partial charge in [-0.2, -0.15) is 13.2 Å². The number of rotatable bonds is 4. The van der Waals surface area contributed by atoms with Gasteiger partial charge in [0.1, 0.15) is 17.6 Å². The molecule has 3 heterocycles. The van der Waals surface area contributed by atoms with Crippen LogP contribution in [0.3, 0.4) is 0 Å². The summed E-state index contributed by atoms with van der Waals surface area (Å²) >= 11 is 6.63. The first-order valence-corrected chi connectivity index (χ1v) is 12.4. The number of methoxy groups -OCH3 is 1. The number of fused-ring (bicyclic) bond motifs is 3. The topological polar surface area (TPSA) is 65.5 Å². The van der Waals surface area contributed by atoms with Crippen LogP contribution in [-0.2, 0) is 15.0 Å². The molecule has 1 aromatic carbocycles. The van der Waals surface area contributed by atoms with Crippen LogP contribution in [0.5, 0.6) is 5.75 Å². The summed E-state index contributed by atoms with van der Waals surface area (Å²) in [7, 11) is 1.54. The number of carbonyl (C=O) groups excluding carboxylic acids is 2. The first-order chi connectivity index (χ1) is 16.7. The summed E-state index contributed by atoms with van der Waals surface area (Å²) < 4.78 is 44.7. The number of hydrogen-bond donors (Lipinski definition) is 0. The highest BCUT2D eigenvalue weighted by atomic mass is 35.5. The van der Waals surface area contributed by atoms with Gasteiger partial charge in [0, 0.05) is 43.2 Å². The molecule has 1 saturated heterocycles. The van der Waals surface area contributed by atoms with Crippen LogP contribution in [0.25, 0.3) is 0 Å². The van der Waals surface area contributed by atoms with Crippen LogP contribution in [0.15, 0.2) is 17.1 Å². The molecule has 1 spiro atoms. The van der Waals surface area contributed by atoms with Gasteiger partial charge < -0.3 is 14.5 Å². The van der Waals surface area contributed by atoms with E-state index in [4.69, 9.17) is 16.3 Å². The van der Waals surface area contributed by atoms with E-state index in [2.05, 4.69) is 4.99 Å². The predicted octanol–water partition coefficient (Wildman–Crippen LogP) is 3.77. The molecular weight excluding hydrogens is 485 g/mol. The van der Waals surface area contributed by atoms with Crippen molar-refractivity contribution in [2.45, 2.75) is 56.3 Å². The number of piperazine rings is 1. The summed E-state index contributed by atoms with van der Waals surface area (Å²) in [5.74, 6) is 0.285. The van der Waals surface area contributed by atoms with Crippen LogP contribution in [0, 0.1) is 0 Å². The van der Waals surface area contributed by atoms with E-state index in [-0.39, 0.29) is 37.9 Å². The lowest BCUT2D eigenvalue weighted by atomic mass is 9.70. The first kappa shape index (κ1) is 24.4. The van der Waals surface area contributed by atoms with Crippen molar-refractivity contribution in [1.29, 1.82) is 0 Å². The number of alkyl halides is 3. The molecule has 1 saturated carbocycles. The summed E-state index contributed by atoms with van der Waals surface area (Å²) in [5, 5.41) is 0.528. The average molecular weight is 513 g/mol. The third kappa shape index (κ3) is 4.08. The third-order valence-electron chi connectivity index (χ3n) is 7.77. The molecule has 1 aliphatic carbocycles. The van der Waals surface area contributed by atoms with Gasteiger partial charge >= 0.3 is 6.18 Å². The fourth-order valence-corrected chi connectivity index (χ4v) is 6.35. The van der Waals surface area contributed by atoms with Gasteiger partial charge in [-0.05, 0) is 25.0 Å². The van der Waals surface area contributed by atoms with Crippen molar-refractivity contribution in [3.8, 4) is 5.75 Å². The van der Waals surface area contributed by atoms with Crippen molar-refractivity contribution >= 4 is 34.8 Å². The van der Waals surface area contributed by atoms with Gasteiger partial charge in [-0.15, -0.1) is 0 Å². The van der Waals surface area contributed by atoms with Gasteiger partial charge in [-0.25, -0.2) is 0 Å². The standard InChI is InChI=1S/C24H28ClF3N4O3/c1-35-16-6-5-15(25)20-21(16)32(22(34)23(20)8-3-2-4-9-23)10-7-19(33)31-12-11-30-13-17(24(26,27)28)29-18(30)14-31/h5-6,18H,2-4,7-14H2,1H3. The molecular formula is C24H28ClF3N4O3. The molecule has 0 bridgehead atoms. The van der Waals surface area contributed by atoms with Crippen molar-refractivity contribution in [3.63, 3.8) is 0 Å². The molecule has 1 atom stereocenters. The molecule has 1 unspecified atom stereocenters. The zero-order valence-electron chi connectivity index (χ0n) is 19.5. The number of amides is 2. The molecule has 3 aliphatic heterocycles. The summed E-state index contributed by atoms with van der Waals surface area (Å²) in [6, 6.07) is 3.50. The van der Waals surface area contributed by atoms with E-state index in [1.165, 1.54) is 0 Å². The minimum atomic E-state index is -4.45. The zero-order valence-corrected chi connectivity index (χ0v) is 20.3. The number of aliphatic imine (C=N–C) groups is 1. The SMILES string of the molecule is COc1ccc(Cl)c2c1N(CCC(=O)N1CCN3CC(C(F)(F)F)=NC3C1)C(=O)C21CCCCC1. The van der Waals surface area contributed by atoms with Gasteiger partial charge in [0.25, 0.3) is 0 Å². The molecule has 0 aromatic heterocycles. The van der Waals surface area contributed by atoms with E-state index in [0.29, 0.717) is 42.4 Å². The van der Waals surface area contributed by atoms with Crippen LogP contribution in [0.1, 0.15) is 44.1 Å². The van der Waals surface area contributed by atoms with Crippen molar-refractivity contribution < 1.29 is 27.5 Å². The fraction of sp³-hybridized carbons (Fsp3) is 0.625. The molecule has 1 aromatic rings. The minimum Gasteiger partial charge on any atom is -0.495 e. The lowest BCUT2D eigenvalue weighted by molar-refractivity contribution is -0.133. The van der Waals surface area contributed by atoms with Crippen molar-refractivity contribution in [1.82, 2.24) is 9.80 Å². The lowest BCUT2D eigenvalue weighted by Gasteiger charge is -2.36. The number of anilines is 1. The Balaban J connectivity index is 1.33. The maximum atomic E-state index is 13.8. The van der Waals surface area contributed by atoms with E-state index in [1.54, 1.807) is 33.9 Å². The summed E-state index contributed by atoms with van der Waals surface area (Å²) in [6.45, 7) is 0.697. The summed E-state index contributed by atoms with van der Waals surface area (Å²) in [6.07, 6.45) is -0.739. The molecule has 5 rings (SSSR count). The molecule has 0 N–H and O–H groups in total. The van der Waals surface area contributed by atoms with Crippen LogP contribution < -0.4 is 9.64 Å². The van der Waals surface area contributed by atoms with Crippen molar-refractivity contribution in [3.05, 3.63) is 22.7 Å². The van der Waals surface area contributed by atoms with Gasteiger partial charge in [0.2, 0.25) is 11.8 Å². The molecule has 11 heteroatoms. The molecule has 2 amide bonds. The van der Waals surface area contributed by atoms with E-state index in [9.17, 15) is 22.8 Å². The molecule has 190 valence electrons. The number of carbonyl (C=O) groups is 2. The van der Waals surface area contributed by atoms with E-state index >= 15 is 0 Å². The Morgan fingerprint density at radius 2 is 1.97 bits per heavy atom. The second kappa shape index (κ2) is 8.96. The van der Waals surface area contributed by atoms with Crippen molar-refractivity contribution in [2.75, 3.05) is 44.7 Å². The second-order valence-electron chi connectivity index (χ2n) is 9.69. The van der Waals surface area contributed by atoms with E-state index < -0.39 is 23.5 Å². The number of benzene rings is 1. The summed E-state index contributed by atoms with van der Waals surface area (Å²) in [4.78, 5) is 35.5. The monoisotopic (exact) mass is 512 g/mol. The van der Waals surface area contributed by atoms with Crippen LogP contribution in [0.2, 0.25) is 5.02 Å². The van der Waals surface area contributed by atoms with Crippen LogP contribution in [-0.4, -0.2) is 79.5 Å². The highest BCUT2D eigenvalue weighted by Crippen LogP contribution is 2.55. The molecule has 2 fully saturated rings. The maximum Gasteiger partial charge on any atom is 0.430 e. The Hall–Kier alpha value is -2.33. The predicted molar refractivity (Wildman–Crippen MR) is 125 cm³/mol. The average Bonchev–Trinajstić information content (AvgIpc) is 3.37. The quantitative estimate of drug-likeness (QED) is 0.616. The highest BCUT2D eigenvalue weighted by Gasteiger charge is 2.53. The Labute approximate surface area is 206 Å². The Kier molecular flexibility index (Phi) is 6.24. The van der Waals surface area contributed by atoms with Gasteiger partial charge in [0.05, 0.1) is 24.8 Å².